The summed E-state index contributed by atoms with van der Waals surface area (Å²) in [4.78, 5) is 4.28. The Morgan fingerprint density at radius 3 is 2.50 bits per heavy atom. The van der Waals surface area contributed by atoms with E-state index < -0.39 is 0 Å². The molecule has 2 heterocycles. The molecule has 7 heteroatoms. The largest absolute Gasteiger partial charge is 0.324 e. The lowest BCUT2D eigenvalue weighted by Gasteiger charge is -2.24. The number of hydrogen-bond acceptors (Lipinski definition) is 3. The first-order valence-electron chi connectivity index (χ1n) is 7.21. The SMILES string of the molecule is Clc1ccc([C@H]2C=C(c3ccc(Cl)c(Cl)c3)Nc3ncnn32)cc1. The second kappa shape index (κ2) is 6.13. The quantitative estimate of drug-likeness (QED) is 0.659. The molecular formula is C17H11Cl3N4. The van der Waals surface area contributed by atoms with Crippen LogP contribution in [0.3, 0.4) is 0 Å². The fourth-order valence-corrected chi connectivity index (χ4v) is 3.09. The van der Waals surface area contributed by atoms with E-state index >= 15 is 0 Å². The van der Waals surface area contributed by atoms with Crippen molar-refractivity contribution in [1.82, 2.24) is 14.8 Å². The van der Waals surface area contributed by atoms with E-state index in [0.29, 0.717) is 21.0 Å². The molecule has 1 aromatic heterocycles. The van der Waals surface area contributed by atoms with Crippen LogP contribution >= 0.6 is 34.8 Å². The van der Waals surface area contributed by atoms with Crippen LogP contribution < -0.4 is 5.32 Å². The summed E-state index contributed by atoms with van der Waals surface area (Å²) in [7, 11) is 0. The average Bonchev–Trinajstić information content (AvgIpc) is 3.06. The third kappa shape index (κ3) is 2.77. The van der Waals surface area contributed by atoms with Gasteiger partial charge in [-0.3, -0.25) is 0 Å². The molecule has 0 unspecified atom stereocenters. The first-order chi connectivity index (χ1) is 11.6. The van der Waals surface area contributed by atoms with E-state index in [9.17, 15) is 0 Å². The van der Waals surface area contributed by atoms with Crippen LogP contribution in [0.25, 0.3) is 5.70 Å². The van der Waals surface area contributed by atoms with E-state index in [1.54, 1.807) is 6.07 Å². The van der Waals surface area contributed by atoms with Crippen molar-refractivity contribution in [3.8, 4) is 0 Å². The van der Waals surface area contributed by atoms with Crippen molar-refractivity contribution in [3.63, 3.8) is 0 Å². The van der Waals surface area contributed by atoms with Gasteiger partial charge in [-0.15, -0.1) is 0 Å². The molecule has 1 N–H and O–H groups in total. The summed E-state index contributed by atoms with van der Waals surface area (Å²) >= 11 is 18.2. The predicted octanol–water partition coefficient (Wildman–Crippen LogP) is 5.29. The first-order valence-corrected chi connectivity index (χ1v) is 8.34. The molecule has 0 bridgehead atoms. The van der Waals surface area contributed by atoms with Gasteiger partial charge in [-0.25, -0.2) is 4.68 Å². The summed E-state index contributed by atoms with van der Waals surface area (Å²) in [5, 5.41) is 9.31. The Hall–Kier alpha value is -2.01. The highest BCUT2D eigenvalue weighted by Gasteiger charge is 2.23. The topological polar surface area (TPSA) is 42.7 Å². The van der Waals surface area contributed by atoms with Gasteiger partial charge in [0.1, 0.15) is 12.4 Å². The van der Waals surface area contributed by atoms with E-state index in [0.717, 1.165) is 16.8 Å². The highest BCUT2D eigenvalue weighted by atomic mass is 35.5. The van der Waals surface area contributed by atoms with Crippen LogP contribution in [0.1, 0.15) is 17.2 Å². The van der Waals surface area contributed by atoms with Crippen LogP contribution in [0.5, 0.6) is 0 Å². The van der Waals surface area contributed by atoms with Crippen LogP contribution in [0.2, 0.25) is 15.1 Å². The molecular weight excluding hydrogens is 367 g/mol. The molecule has 24 heavy (non-hydrogen) atoms. The lowest BCUT2D eigenvalue weighted by molar-refractivity contribution is 0.612. The van der Waals surface area contributed by atoms with Crippen LogP contribution in [-0.4, -0.2) is 14.8 Å². The summed E-state index contributed by atoms with van der Waals surface area (Å²) in [6.45, 7) is 0. The number of halogens is 3. The minimum Gasteiger partial charge on any atom is -0.324 e. The molecule has 3 aromatic rings. The number of allylic oxidation sites excluding steroid dienone is 1. The van der Waals surface area contributed by atoms with Crippen molar-refractivity contribution < 1.29 is 0 Å². The highest BCUT2D eigenvalue weighted by molar-refractivity contribution is 6.42. The van der Waals surface area contributed by atoms with E-state index in [1.807, 2.05) is 41.1 Å². The van der Waals surface area contributed by atoms with E-state index in [-0.39, 0.29) is 6.04 Å². The Balaban J connectivity index is 1.81. The Labute approximate surface area is 153 Å². The van der Waals surface area contributed by atoms with Crippen molar-refractivity contribution in [1.29, 1.82) is 0 Å². The average molecular weight is 378 g/mol. The van der Waals surface area contributed by atoms with E-state index in [2.05, 4.69) is 21.5 Å². The molecule has 0 saturated heterocycles. The van der Waals surface area contributed by atoms with Crippen LogP contribution in [0.4, 0.5) is 5.95 Å². The van der Waals surface area contributed by atoms with Crippen molar-refractivity contribution in [2.24, 2.45) is 0 Å². The number of nitrogens with zero attached hydrogens (tertiary/aromatic N) is 3. The minimum atomic E-state index is -0.0922. The normalized spacial score (nSPS) is 16.3. The van der Waals surface area contributed by atoms with Gasteiger partial charge in [0, 0.05) is 10.7 Å². The summed E-state index contributed by atoms with van der Waals surface area (Å²) in [6.07, 6.45) is 3.60. The van der Waals surface area contributed by atoms with Crippen molar-refractivity contribution in [2.75, 3.05) is 5.32 Å². The zero-order chi connectivity index (χ0) is 16.7. The molecule has 120 valence electrons. The van der Waals surface area contributed by atoms with Crippen molar-refractivity contribution in [3.05, 3.63) is 81.1 Å². The van der Waals surface area contributed by atoms with Gasteiger partial charge in [-0.1, -0.05) is 53.0 Å². The third-order valence-corrected chi connectivity index (χ3v) is 4.84. The summed E-state index contributed by atoms with van der Waals surface area (Å²) in [6, 6.07) is 13.1. The van der Waals surface area contributed by atoms with Gasteiger partial charge < -0.3 is 5.32 Å². The number of benzene rings is 2. The number of anilines is 1. The fourth-order valence-electron chi connectivity index (χ4n) is 2.66. The van der Waals surface area contributed by atoms with Gasteiger partial charge in [0.15, 0.2) is 0 Å². The molecule has 1 aliphatic rings. The first kappa shape index (κ1) is 15.5. The smallest absolute Gasteiger partial charge is 0.226 e. The maximum absolute atomic E-state index is 6.15. The Morgan fingerprint density at radius 1 is 0.958 bits per heavy atom. The summed E-state index contributed by atoms with van der Waals surface area (Å²) < 4.78 is 1.82. The molecule has 4 nitrogen and oxygen atoms in total. The van der Waals surface area contributed by atoms with E-state index in [1.165, 1.54) is 6.33 Å². The predicted molar refractivity (Wildman–Crippen MR) is 97.7 cm³/mol. The standard InChI is InChI=1S/C17H11Cl3N4/c18-12-4-1-10(2-5-12)16-8-15(23-17-21-9-22-24(16)17)11-3-6-13(19)14(20)7-11/h1-9,16H,(H,21,22,23)/t16-/m1/s1. The maximum atomic E-state index is 6.15. The Morgan fingerprint density at radius 2 is 1.75 bits per heavy atom. The number of rotatable bonds is 2. The van der Waals surface area contributed by atoms with Gasteiger partial charge >= 0.3 is 0 Å². The molecule has 0 saturated carbocycles. The highest BCUT2D eigenvalue weighted by Crippen LogP contribution is 2.34. The Bertz CT molecular complexity index is 931. The van der Waals surface area contributed by atoms with Crippen LogP contribution in [-0.2, 0) is 0 Å². The number of hydrogen-bond donors (Lipinski definition) is 1. The second-order valence-corrected chi connectivity index (χ2v) is 6.61. The van der Waals surface area contributed by atoms with Gasteiger partial charge in [0.05, 0.1) is 10.0 Å². The van der Waals surface area contributed by atoms with Crippen LogP contribution in [0.15, 0.2) is 54.9 Å². The van der Waals surface area contributed by atoms with Crippen molar-refractivity contribution >= 4 is 46.4 Å². The van der Waals surface area contributed by atoms with Gasteiger partial charge in [0.2, 0.25) is 5.95 Å². The van der Waals surface area contributed by atoms with E-state index in [4.69, 9.17) is 34.8 Å². The second-order valence-electron chi connectivity index (χ2n) is 5.36. The van der Waals surface area contributed by atoms with Gasteiger partial charge in [0.25, 0.3) is 0 Å². The Kier molecular flexibility index (Phi) is 3.96. The molecule has 2 aromatic carbocycles. The monoisotopic (exact) mass is 376 g/mol. The summed E-state index contributed by atoms with van der Waals surface area (Å²) in [5.41, 5.74) is 2.89. The molecule has 0 aliphatic carbocycles. The van der Waals surface area contributed by atoms with Gasteiger partial charge in [-0.05, 0) is 41.5 Å². The lowest BCUT2D eigenvalue weighted by Crippen LogP contribution is -2.20. The molecule has 0 radical (unpaired) electrons. The molecule has 0 amide bonds. The lowest BCUT2D eigenvalue weighted by atomic mass is 10.0. The minimum absolute atomic E-state index is 0.0922. The number of nitrogens with one attached hydrogen (secondary N) is 1. The zero-order valence-corrected chi connectivity index (χ0v) is 14.5. The fraction of sp³-hybridized carbons (Fsp3) is 0.0588. The zero-order valence-electron chi connectivity index (χ0n) is 12.2. The number of fused-ring (bicyclic) bond motifs is 1. The molecule has 4 rings (SSSR count). The molecule has 0 fully saturated rings. The number of aromatic nitrogens is 3. The molecule has 1 atom stereocenters. The third-order valence-electron chi connectivity index (χ3n) is 3.85. The maximum Gasteiger partial charge on any atom is 0.226 e. The van der Waals surface area contributed by atoms with Crippen molar-refractivity contribution in [2.45, 2.75) is 6.04 Å². The molecule has 1 aliphatic heterocycles. The summed E-state index contributed by atoms with van der Waals surface area (Å²) in [5.74, 6) is 0.665. The molecule has 0 spiro atoms. The van der Waals surface area contributed by atoms with Gasteiger partial charge in [-0.2, -0.15) is 10.1 Å². The van der Waals surface area contributed by atoms with Crippen LogP contribution in [0, 0.1) is 0 Å².